The molecule has 0 saturated heterocycles. The van der Waals surface area contributed by atoms with Gasteiger partial charge in [-0.1, -0.05) is 32.4 Å². The molecule has 0 saturated carbocycles. The Morgan fingerprint density at radius 1 is 1.29 bits per heavy atom. The van der Waals surface area contributed by atoms with E-state index in [1.165, 1.54) is 5.56 Å². The summed E-state index contributed by atoms with van der Waals surface area (Å²) >= 11 is 0. The van der Waals surface area contributed by atoms with Crippen LogP contribution in [0.25, 0.3) is 0 Å². The predicted octanol–water partition coefficient (Wildman–Crippen LogP) is 2.51. The topological polar surface area (TPSA) is 64.4 Å². The van der Waals surface area contributed by atoms with Gasteiger partial charge < -0.3 is 15.8 Å². The first-order valence-electron chi connectivity index (χ1n) is 7.66. The van der Waals surface area contributed by atoms with E-state index in [0.717, 1.165) is 25.0 Å². The van der Waals surface area contributed by atoms with Crippen molar-refractivity contribution < 1.29 is 9.53 Å². The number of hydrogen-bond acceptors (Lipinski definition) is 3. The second kappa shape index (κ2) is 8.67. The highest BCUT2D eigenvalue weighted by Crippen LogP contribution is 2.13. The van der Waals surface area contributed by atoms with Crippen molar-refractivity contribution in [2.75, 3.05) is 7.11 Å². The summed E-state index contributed by atoms with van der Waals surface area (Å²) in [6.07, 6.45) is 2.73. The summed E-state index contributed by atoms with van der Waals surface area (Å²) in [5, 5.41) is 3.00. The Kier molecular flexibility index (Phi) is 7.23. The Hall–Kier alpha value is -1.55. The molecule has 3 N–H and O–H groups in total. The maximum Gasteiger partial charge on any atom is 0.237 e. The van der Waals surface area contributed by atoms with E-state index in [9.17, 15) is 4.79 Å². The molecule has 118 valence electrons. The minimum absolute atomic E-state index is 0.0495. The van der Waals surface area contributed by atoms with Crippen LogP contribution in [0.1, 0.15) is 39.2 Å². The van der Waals surface area contributed by atoms with Crippen molar-refractivity contribution in [2.24, 2.45) is 11.7 Å². The number of nitrogens with two attached hydrogens (primary N) is 1. The lowest BCUT2D eigenvalue weighted by Crippen LogP contribution is -2.47. The van der Waals surface area contributed by atoms with Crippen molar-refractivity contribution >= 4 is 5.91 Å². The number of hydrogen-bond donors (Lipinski definition) is 2. The molecule has 0 aliphatic rings. The quantitative estimate of drug-likeness (QED) is 0.774. The van der Waals surface area contributed by atoms with E-state index in [-0.39, 0.29) is 17.9 Å². The van der Waals surface area contributed by atoms with Crippen LogP contribution in [0.15, 0.2) is 24.3 Å². The van der Waals surface area contributed by atoms with E-state index in [0.29, 0.717) is 0 Å². The van der Waals surface area contributed by atoms with Crippen LogP contribution in [0.5, 0.6) is 5.75 Å². The number of benzene rings is 1. The molecule has 3 atom stereocenters. The normalized spacial score (nSPS) is 15.1. The summed E-state index contributed by atoms with van der Waals surface area (Å²) in [5.74, 6) is 1.02. The van der Waals surface area contributed by atoms with Crippen molar-refractivity contribution in [3.63, 3.8) is 0 Å². The minimum Gasteiger partial charge on any atom is -0.497 e. The van der Waals surface area contributed by atoms with Crippen molar-refractivity contribution in [2.45, 2.75) is 52.1 Å². The molecule has 0 radical (unpaired) electrons. The Bertz CT molecular complexity index is 431. The second-order valence-corrected chi connectivity index (χ2v) is 5.71. The number of methoxy groups -OCH3 is 1. The Morgan fingerprint density at radius 2 is 1.90 bits per heavy atom. The number of rotatable bonds is 8. The van der Waals surface area contributed by atoms with Crippen molar-refractivity contribution in [1.29, 1.82) is 0 Å². The van der Waals surface area contributed by atoms with E-state index in [1.807, 2.05) is 32.9 Å². The molecular formula is C17H28N2O2. The van der Waals surface area contributed by atoms with Crippen LogP contribution in [-0.2, 0) is 11.2 Å². The summed E-state index contributed by atoms with van der Waals surface area (Å²) in [4.78, 5) is 12.0. The van der Waals surface area contributed by atoms with Crippen LogP contribution in [0, 0.1) is 5.92 Å². The molecule has 1 amide bonds. The molecule has 0 bridgehead atoms. The van der Waals surface area contributed by atoms with Crippen LogP contribution >= 0.6 is 0 Å². The summed E-state index contributed by atoms with van der Waals surface area (Å²) in [5.41, 5.74) is 7.17. The molecule has 4 nitrogen and oxygen atoms in total. The van der Waals surface area contributed by atoms with E-state index in [1.54, 1.807) is 7.11 Å². The molecule has 0 spiro atoms. The lowest BCUT2D eigenvalue weighted by molar-refractivity contribution is -0.124. The maximum atomic E-state index is 12.0. The molecule has 0 fully saturated rings. The number of nitrogens with one attached hydrogen (secondary N) is 1. The van der Waals surface area contributed by atoms with Gasteiger partial charge in [-0.2, -0.15) is 0 Å². The first kappa shape index (κ1) is 17.5. The molecule has 0 heterocycles. The van der Waals surface area contributed by atoms with Crippen LogP contribution in [0.4, 0.5) is 0 Å². The maximum absolute atomic E-state index is 12.0. The Balaban J connectivity index is 2.39. The highest BCUT2D eigenvalue weighted by molar-refractivity contribution is 5.82. The van der Waals surface area contributed by atoms with E-state index in [4.69, 9.17) is 10.5 Å². The molecular weight excluding hydrogens is 264 g/mol. The van der Waals surface area contributed by atoms with Gasteiger partial charge in [0.15, 0.2) is 0 Å². The smallest absolute Gasteiger partial charge is 0.237 e. The third kappa shape index (κ3) is 5.76. The fraction of sp³-hybridized carbons (Fsp3) is 0.588. The van der Waals surface area contributed by atoms with Gasteiger partial charge in [-0.25, -0.2) is 0 Å². The second-order valence-electron chi connectivity index (χ2n) is 5.71. The minimum atomic E-state index is -0.418. The number of carbonyl (C=O) groups is 1. The van der Waals surface area contributed by atoms with Crippen LogP contribution in [-0.4, -0.2) is 25.1 Å². The SMILES string of the molecule is CCC(C)C(N)C(=O)NC(C)CCc1ccc(OC)cc1. The van der Waals surface area contributed by atoms with Gasteiger partial charge in [0, 0.05) is 6.04 Å². The summed E-state index contributed by atoms with van der Waals surface area (Å²) in [7, 11) is 1.66. The molecule has 3 unspecified atom stereocenters. The molecule has 0 aliphatic heterocycles. The third-order valence-electron chi connectivity index (χ3n) is 3.97. The van der Waals surface area contributed by atoms with Gasteiger partial charge in [-0.3, -0.25) is 4.79 Å². The standard InChI is InChI=1S/C17H28N2O2/c1-5-12(2)16(18)17(20)19-13(3)6-7-14-8-10-15(21-4)11-9-14/h8-13,16H,5-7,18H2,1-4H3,(H,19,20). The fourth-order valence-corrected chi connectivity index (χ4v) is 2.10. The first-order valence-corrected chi connectivity index (χ1v) is 7.66. The van der Waals surface area contributed by atoms with E-state index in [2.05, 4.69) is 17.4 Å². The Morgan fingerprint density at radius 3 is 2.43 bits per heavy atom. The number of carbonyl (C=O) groups excluding carboxylic acids is 1. The van der Waals surface area contributed by atoms with Gasteiger partial charge in [-0.05, 0) is 43.4 Å². The van der Waals surface area contributed by atoms with Gasteiger partial charge in [0.2, 0.25) is 5.91 Å². The average Bonchev–Trinajstić information content (AvgIpc) is 2.51. The Labute approximate surface area is 128 Å². The molecule has 4 heteroatoms. The highest BCUT2D eigenvalue weighted by Gasteiger charge is 2.20. The number of amides is 1. The van der Waals surface area contributed by atoms with Gasteiger partial charge in [0.05, 0.1) is 13.2 Å². The molecule has 1 rings (SSSR count). The van der Waals surface area contributed by atoms with Crippen molar-refractivity contribution in [3.8, 4) is 5.75 Å². The predicted molar refractivity (Wildman–Crippen MR) is 86.4 cm³/mol. The monoisotopic (exact) mass is 292 g/mol. The average molecular weight is 292 g/mol. The largest absolute Gasteiger partial charge is 0.497 e. The lowest BCUT2D eigenvalue weighted by atomic mass is 9.98. The number of ether oxygens (including phenoxy) is 1. The van der Waals surface area contributed by atoms with Gasteiger partial charge >= 0.3 is 0 Å². The van der Waals surface area contributed by atoms with Crippen LogP contribution in [0.3, 0.4) is 0 Å². The summed E-state index contributed by atoms with van der Waals surface area (Å²) in [6, 6.07) is 7.72. The third-order valence-corrected chi connectivity index (χ3v) is 3.97. The van der Waals surface area contributed by atoms with Crippen LogP contribution in [0.2, 0.25) is 0 Å². The lowest BCUT2D eigenvalue weighted by Gasteiger charge is -2.21. The zero-order valence-electron chi connectivity index (χ0n) is 13.6. The van der Waals surface area contributed by atoms with Crippen molar-refractivity contribution in [1.82, 2.24) is 5.32 Å². The van der Waals surface area contributed by atoms with Gasteiger partial charge in [0.25, 0.3) is 0 Å². The molecule has 1 aromatic carbocycles. The molecule has 1 aromatic rings. The highest BCUT2D eigenvalue weighted by atomic mass is 16.5. The van der Waals surface area contributed by atoms with E-state index >= 15 is 0 Å². The van der Waals surface area contributed by atoms with Gasteiger partial charge in [0.1, 0.15) is 5.75 Å². The summed E-state index contributed by atoms with van der Waals surface area (Å²) in [6.45, 7) is 6.07. The molecule has 0 aliphatic carbocycles. The van der Waals surface area contributed by atoms with E-state index < -0.39 is 6.04 Å². The molecule has 21 heavy (non-hydrogen) atoms. The van der Waals surface area contributed by atoms with Gasteiger partial charge in [-0.15, -0.1) is 0 Å². The zero-order chi connectivity index (χ0) is 15.8. The fourth-order valence-electron chi connectivity index (χ4n) is 2.10. The van der Waals surface area contributed by atoms with Crippen molar-refractivity contribution in [3.05, 3.63) is 29.8 Å². The zero-order valence-corrected chi connectivity index (χ0v) is 13.6. The number of aryl methyl sites for hydroxylation is 1. The molecule has 0 aromatic heterocycles. The van der Waals surface area contributed by atoms with Crippen LogP contribution < -0.4 is 15.8 Å². The summed E-state index contributed by atoms with van der Waals surface area (Å²) < 4.78 is 5.14. The first-order chi connectivity index (χ1) is 9.97.